The smallest absolute Gasteiger partial charge is 0.291 e. The molecule has 2 aromatic rings. The maximum absolute atomic E-state index is 11.9. The van der Waals surface area contributed by atoms with Crippen LogP contribution in [0.5, 0.6) is 0 Å². The fourth-order valence-electron chi connectivity index (χ4n) is 1.77. The number of nitrogens with one attached hydrogen (secondary N) is 2. The van der Waals surface area contributed by atoms with E-state index in [4.69, 9.17) is 5.11 Å². The molecule has 0 aliphatic rings. The highest BCUT2D eigenvalue weighted by atomic mass is 16.3. The maximum Gasteiger partial charge on any atom is 0.291 e. The third kappa shape index (κ3) is 3.64. The maximum atomic E-state index is 11.9. The zero-order valence-corrected chi connectivity index (χ0v) is 11.4. The predicted molar refractivity (Wildman–Crippen MR) is 73.9 cm³/mol. The molecule has 0 bridgehead atoms. The lowest BCUT2D eigenvalue weighted by atomic mass is 10.1. The fraction of sp³-hybridized carbons (Fsp3) is 0.357. The first kappa shape index (κ1) is 14.2. The Bertz CT molecular complexity index is 563. The van der Waals surface area contributed by atoms with Gasteiger partial charge in [0.05, 0.1) is 6.61 Å². The van der Waals surface area contributed by atoms with E-state index in [2.05, 4.69) is 20.5 Å². The predicted octanol–water partition coefficient (Wildman–Crippen LogP) is 1.18. The van der Waals surface area contributed by atoms with Crippen molar-refractivity contribution in [3.05, 3.63) is 47.0 Å². The third-order valence-electron chi connectivity index (χ3n) is 2.88. The van der Waals surface area contributed by atoms with Gasteiger partial charge in [-0.25, -0.2) is 4.98 Å². The molecule has 1 aromatic carbocycles. The lowest BCUT2D eigenvalue weighted by molar-refractivity contribution is 0.0941. The van der Waals surface area contributed by atoms with Crippen LogP contribution in [0.15, 0.2) is 24.3 Å². The van der Waals surface area contributed by atoms with E-state index in [1.54, 1.807) is 0 Å². The van der Waals surface area contributed by atoms with Crippen molar-refractivity contribution in [3.8, 4) is 0 Å². The van der Waals surface area contributed by atoms with E-state index in [0.29, 0.717) is 6.54 Å². The number of carbonyl (C=O) groups is 1. The van der Waals surface area contributed by atoms with Crippen LogP contribution in [0.25, 0.3) is 0 Å². The number of aliphatic hydroxyl groups excluding tert-OH is 1. The van der Waals surface area contributed by atoms with E-state index < -0.39 is 0 Å². The number of H-pyrrole nitrogens is 1. The second-order valence-electron chi connectivity index (χ2n) is 4.51. The molecule has 0 unspecified atom stereocenters. The van der Waals surface area contributed by atoms with Crippen molar-refractivity contribution in [2.24, 2.45) is 0 Å². The SMILES string of the molecule is CCCc1nc(C(=O)NCc2ccc(CO)cc2)n[nH]1. The van der Waals surface area contributed by atoms with Crippen molar-refractivity contribution < 1.29 is 9.90 Å². The zero-order chi connectivity index (χ0) is 14.4. The minimum Gasteiger partial charge on any atom is -0.392 e. The van der Waals surface area contributed by atoms with Crippen molar-refractivity contribution >= 4 is 5.91 Å². The molecule has 1 amide bonds. The molecule has 0 fully saturated rings. The van der Waals surface area contributed by atoms with E-state index in [0.717, 1.165) is 29.8 Å². The minimum absolute atomic E-state index is 0.0179. The van der Waals surface area contributed by atoms with Crippen LogP contribution in [0.4, 0.5) is 0 Å². The Morgan fingerprint density at radius 2 is 2.00 bits per heavy atom. The van der Waals surface area contributed by atoms with Gasteiger partial charge in [-0.05, 0) is 17.5 Å². The fourth-order valence-corrected chi connectivity index (χ4v) is 1.77. The minimum atomic E-state index is -0.296. The largest absolute Gasteiger partial charge is 0.392 e. The lowest BCUT2D eigenvalue weighted by Crippen LogP contribution is -2.24. The van der Waals surface area contributed by atoms with Gasteiger partial charge < -0.3 is 10.4 Å². The van der Waals surface area contributed by atoms with Crippen LogP contribution < -0.4 is 5.32 Å². The average molecular weight is 274 g/mol. The number of aliphatic hydroxyl groups is 1. The van der Waals surface area contributed by atoms with Crippen molar-refractivity contribution in [3.63, 3.8) is 0 Å². The molecule has 0 saturated heterocycles. The van der Waals surface area contributed by atoms with Gasteiger partial charge in [0.2, 0.25) is 5.82 Å². The number of amides is 1. The van der Waals surface area contributed by atoms with Crippen molar-refractivity contribution in [1.82, 2.24) is 20.5 Å². The van der Waals surface area contributed by atoms with Gasteiger partial charge in [-0.3, -0.25) is 9.89 Å². The molecule has 0 aliphatic carbocycles. The summed E-state index contributed by atoms with van der Waals surface area (Å²) < 4.78 is 0. The third-order valence-corrected chi connectivity index (χ3v) is 2.88. The quantitative estimate of drug-likeness (QED) is 0.737. The van der Waals surface area contributed by atoms with Crippen LogP contribution in [-0.2, 0) is 19.6 Å². The first-order valence-corrected chi connectivity index (χ1v) is 6.61. The molecule has 1 aromatic heterocycles. The zero-order valence-electron chi connectivity index (χ0n) is 11.4. The molecule has 0 aliphatic heterocycles. The second kappa shape index (κ2) is 6.81. The average Bonchev–Trinajstić information content (AvgIpc) is 2.94. The normalized spacial score (nSPS) is 10.5. The second-order valence-corrected chi connectivity index (χ2v) is 4.51. The number of hydrogen-bond acceptors (Lipinski definition) is 4. The van der Waals surface area contributed by atoms with Crippen molar-refractivity contribution in [2.45, 2.75) is 32.9 Å². The molecule has 0 atom stereocenters. The summed E-state index contributed by atoms with van der Waals surface area (Å²) in [6.45, 7) is 2.46. The van der Waals surface area contributed by atoms with Crippen LogP contribution in [0.1, 0.15) is 40.9 Å². The summed E-state index contributed by atoms with van der Waals surface area (Å²) in [5.74, 6) is 0.597. The van der Waals surface area contributed by atoms with Gasteiger partial charge in [-0.15, -0.1) is 5.10 Å². The van der Waals surface area contributed by atoms with Crippen LogP contribution in [0.3, 0.4) is 0 Å². The molecular weight excluding hydrogens is 256 g/mol. The van der Waals surface area contributed by atoms with Gasteiger partial charge in [0.1, 0.15) is 5.82 Å². The molecule has 3 N–H and O–H groups in total. The Morgan fingerprint density at radius 1 is 1.30 bits per heavy atom. The topological polar surface area (TPSA) is 90.9 Å². The summed E-state index contributed by atoms with van der Waals surface area (Å²) in [6, 6.07) is 7.39. The number of aryl methyl sites for hydroxylation is 1. The van der Waals surface area contributed by atoms with Gasteiger partial charge in [0.15, 0.2) is 0 Å². The first-order chi connectivity index (χ1) is 9.72. The van der Waals surface area contributed by atoms with Crippen molar-refractivity contribution in [2.75, 3.05) is 0 Å². The number of aromatic nitrogens is 3. The van der Waals surface area contributed by atoms with E-state index in [-0.39, 0.29) is 18.3 Å². The number of nitrogens with zero attached hydrogens (tertiary/aromatic N) is 2. The number of aromatic amines is 1. The molecule has 1 heterocycles. The molecule has 0 spiro atoms. The number of rotatable bonds is 6. The highest BCUT2D eigenvalue weighted by Crippen LogP contribution is 2.04. The van der Waals surface area contributed by atoms with Gasteiger partial charge in [0, 0.05) is 13.0 Å². The summed E-state index contributed by atoms with van der Waals surface area (Å²) in [5.41, 5.74) is 1.80. The van der Waals surface area contributed by atoms with Crippen LogP contribution >= 0.6 is 0 Å². The molecule has 20 heavy (non-hydrogen) atoms. The van der Waals surface area contributed by atoms with E-state index in [9.17, 15) is 4.79 Å². The summed E-state index contributed by atoms with van der Waals surface area (Å²) in [6.07, 6.45) is 1.73. The molecule has 2 rings (SSSR count). The summed E-state index contributed by atoms with van der Waals surface area (Å²) in [4.78, 5) is 16.0. The Kier molecular flexibility index (Phi) is 4.84. The Labute approximate surface area is 117 Å². The molecule has 6 nitrogen and oxygen atoms in total. The summed E-state index contributed by atoms with van der Waals surface area (Å²) in [7, 11) is 0. The Hall–Kier alpha value is -2.21. The molecule has 106 valence electrons. The first-order valence-electron chi connectivity index (χ1n) is 6.61. The van der Waals surface area contributed by atoms with E-state index in [1.807, 2.05) is 31.2 Å². The number of benzene rings is 1. The Morgan fingerprint density at radius 3 is 2.65 bits per heavy atom. The number of hydrogen-bond donors (Lipinski definition) is 3. The standard InChI is InChI=1S/C14H18N4O2/c1-2-3-12-16-13(18-17-12)14(20)15-8-10-4-6-11(9-19)7-5-10/h4-7,19H,2-3,8-9H2,1H3,(H,15,20)(H,16,17,18). The van der Waals surface area contributed by atoms with Gasteiger partial charge in [-0.2, -0.15) is 0 Å². The highest BCUT2D eigenvalue weighted by Gasteiger charge is 2.11. The Balaban J connectivity index is 1.90. The monoisotopic (exact) mass is 274 g/mol. The van der Waals surface area contributed by atoms with E-state index in [1.165, 1.54) is 0 Å². The molecular formula is C14H18N4O2. The van der Waals surface area contributed by atoms with Gasteiger partial charge in [-0.1, -0.05) is 31.2 Å². The summed E-state index contributed by atoms with van der Waals surface area (Å²) >= 11 is 0. The number of carbonyl (C=O) groups excluding carboxylic acids is 1. The highest BCUT2D eigenvalue weighted by molar-refractivity contribution is 5.90. The van der Waals surface area contributed by atoms with Crippen LogP contribution in [0.2, 0.25) is 0 Å². The molecule has 0 radical (unpaired) electrons. The van der Waals surface area contributed by atoms with Gasteiger partial charge >= 0.3 is 0 Å². The van der Waals surface area contributed by atoms with Gasteiger partial charge in [0.25, 0.3) is 5.91 Å². The van der Waals surface area contributed by atoms with Crippen molar-refractivity contribution in [1.29, 1.82) is 0 Å². The molecule has 0 saturated carbocycles. The lowest BCUT2D eigenvalue weighted by Gasteiger charge is -2.03. The van der Waals surface area contributed by atoms with Crippen LogP contribution in [-0.4, -0.2) is 26.2 Å². The van der Waals surface area contributed by atoms with Crippen LogP contribution in [0, 0.1) is 0 Å². The van der Waals surface area contributed by atoms with E-state index >= 15 is 0 Å². The molecule has 6 heteroatoms. The summed E-state index contributed by atoms with van der Waals surface area (Å²) in [5, 5.41) is 18.4.